The van der Waals surface area contributed by atoms with E-state index < -0.39 is 17.6 Å². The van der Waals surface area contributed by atoms with Crippen molar-refractivity contribution in [3.8, 4) is 0 Å². The summed E-state index contributed by atoms with van der Waals surface area (Å²) in [7, 11) is 0. The number of nitrogens with zero attached hydrogens (tertiary/aromatic N) is 4. The van der Waals surface area contributed by atoms with Crippen LogP contribution in [-0.4, -0.2) is 41.9 Å². The fourth-order valence-electron chi connectivity index (χ4n) is 5.72. The van der Waals surface area contributed by atoms with Crippen molar-refractivity contribution < 1.29 is 14.6 Å². The van der Waals surface area contributed by atoms with Gasteiger partial charge in [0.25, 0.3) is 0 Å². The highest BCUT2D eigenvalue weighted by molar-refractivity contribution is 5.86. The van der Waals surface area contributed by atoms with Crippen LogP contribution in [0.1, 0.15) is 24.4 Å². The number of pyridine rings is 1. The first-order valence-corrected chi connectivity index (χ1v) is 10.7. The summed E-state index contributed by atoms with van der Waals surface area (Å²) in [5.74, 6) is 0.487. The molecule has 0 unspecified atom stereocenters. The Morgan fingerprint density at radius 1 is 1.12 bits per heavy atom. The maximum Gasteiger partial charge on any atom is 0.145 e. The van der Waals surface area contributed by atoms with E-state index in [9.17, 15) is 14.6 Å². The summed E-state index contributed by atoms with van der Waals surface area (Å²) in [4.78, 5) is 12.6. The van der Waals surface area contributed by atoms with E-state index in [1.807, 2.05) is 22.9 Å². The molecule has 8 nitrogen and oxygen atoms in total. The average molecular weight is 434 g/mol. The average Bonchev–Trinajstić information content (AvgIpc) is 3.25. The molecule has 6 rings (SSSR count). The summed E-state index contributed by atoms with van der Waals surface area (Å²) in [5.41, 5.74) is 13.3. The van der Waals surface area contributed by atoms with E-state index in [2.05, 4.69) is 15.0 Å². The Balaban J connectivity index is 1.28. The number of hydrogen-bond donors (Lipinski definition) is 4. The molecule has 2 aliphatic carbocycles. The number of aryl methyl sites for hydroxylation is 1. The van der Waals surface area contributed by atoms with Crippen molar-refractivity contribution in [1.82, 2.24) is 19.5 Å². The van der Waals surface area contributed by atoms with Crippen molar-refractivity contribution in [3.05, 3.63) is 54.2 Å². The van der Waals surface area contributed by atoms with Crippen molar-refractivity contribution in [2.24, 2.45) is 11.3 Å². The topological polar surface area (TPSA) is 136 Å². The fraction of sp³-hybridized carbons (Fsp3) is 0.348. The molecule has 164 valence electrons. The van der Waals surface area contributed by atoms with Crippen LogP contribution in [-0.2, 0) is 6.42 Å². The molecule has 32 heavy (non-hydrogen) atoms. The smallest absolute Gasteiger partial charge is 0.145 e. The summed E-state index contributed by atoms with van der Waals surface area (Å²) in [6, 6.07) is 8.11. The Morgan fingerprint density at radius 2 is 1.97 bits per heavy atom. The first-order chi connectivity index (χ1) is 15.4. The Hall–Kier alpha value is -3.30. The lowest BCUT2D eigenvalue weighted by atomic mass is 9.91. The van der Waals surface area contributed by atoms with E-state index in [-0.39, 0.29) is 17.8 Å². The minimum atomic E-state index is -0.921. The molecule has 1 aromatic carbocycles. The van der Waals surface area contributed by atoms with E-state index in [1.54, 1.807) is 12.1 Å². The predicted octanol–water partition coefficient (Wildman–Crippen LogP) is 2.20. The third-order valence-corrected chi connectivity index (χ3v) is 7.43. The predicted molar refractivity (Wildman–Crippen MR) is 118 cm³/mol. The zero-order valence-electron chi connectivity index (χ0n) is 17.2. The lowest BCUT2D eigenvalue weighted by molar-refractivity contribution is -0.0191. The van der Waals surface area contributed by atoms with Crippen LogP contribution in [0, 0.1) is 17.2 Å². The molecule has 2 aliphatic rings. The first-order valence-electron chi connectivity index (χ1n) is 10.7. The lowest BCUT2D eigenvalue weighted by Crippen LogP contribution is -2.34. The highest BCUT2D eigenvalue weighted by Gasteiger charge is 2.70. The number of nitrogen functional groups attached to an aromatic ring is 2. The molecular formula is C23H23FN6O2. The number of fused-ring (bicyclic) bond motifs is 3. The van der Waals surface area contributed by atoms with Crippen LogP contribution in [0.2, 0.25) is 0 Å². The quantitative estimate of drug-likeness (QED) is 0.386. The molecule has 4 aromatic rings. The zero-order chi connectivity index (χ0) is 22.2. The Bertz CT molecular complexity index is 1370. The van der Waals surface area contributed by atoms with Crippen LogP contribution in [0.4, 0.5) is 16.0 Å². The molecule has 2 fully saturated rings. The van der Waals surface area contributed by atoms with E-state index in [4.69, 9.17) is 11.5 Å². The van der Waals surface area contributed by atoms with Crippen LogP contribution >= 0.6 is 0 Å². The van der Waals surface area contributed by atoms with E-state index in [1.165, 1.54) is 12.4 Å². The fourth-order valence-corrected chi connectivity index (χ4v) is 5.72. The lowest BCUT2D eigenvalue weighted by Gasteiger charge is -2.24. The van der Waals surface area contributed by atoms with Crippen molar-refractivity contribution in [1.29, 1.82) is 0 Å². The van der Waals surface area contributed by atoms with E-state index >= 15 is 0 Å². The number of anilines is 2. The molecule has 3 heterocycles. The van der Waals surface area contributed by atoms with Gasteiger partial charge in [0.15, 0.2) is 0 Å². The zero-order valence-corrected chi connectivity index (χ0v) is 17.2. The van der Waals surface area contributed by atoms with Crippen LogP contribution < -0.4 is 11.5 Å². The van der Waals surface area contributed by atoms with Crippen molar-refractivity contribution in [2.75, 3.05) is 11.5 Å². The Kier molecular flexibility index (Phi) is 4.00. The Morgan fingerprint density at radius 3 is 2.81 bits per heavy atom. The van der Waals surface area contributed by atoms with E-state index in [0.29, 0.717) is 41.0 Å². The van der Waals surface area contributed by atoms with Crippen LogP contribution in [0.25, 0.3) is 21.9 Å². The molecule has 0 aliphatic heterocycles. The van der Waals surface area contributed by atoms with Crippen molar-refractivity contribution in [2.45, 2.75) is 37.5 Å². The van der Waals surface area contributed by atoms with Crippen molar-refractivity contribution >= 4 is 33.6 Å². The second-order valence-corrected chi connectivity index (χ2v) is 9.07. The summed E-state index contributed by atoms with van der Waals surface area (Å²) in [5, 5.41) is 23.0. The van der Waals surface area contributed by atoms with Gasteiger partial charge in [-0.3, -0.25) is 0 Å². The molecule has 9 heteroatoms. The monoisotopic (exact) mass is 434 g/mol. The summed E-state index contributed by atoms with van der Waals surface area (Å²) >= 11 is 0. The second-order valence-electron chi connectivity index (χ2n) is 9.07. The van der Waals surface area contributed by atoms with Gasteiger partial charge < -0.3 is 26.2 Å². The van der Waals surface area contributed by atoms with Gasteiger partial charge in [0, 0.05) is 17.0 Å². The molecule has 2 saturated carbocycles. The number of nitrogens with two attached hydrogens (primary N) is 2. The highest BCUT2D eigenvalue weighted by Crippen LogP contribution is 2.69. The largest absolute Gasteiger partial charge is 0.390 e. The van der Waals surface area contributed by atoms with Gasteiger partial charge in [-0.2, -0.15) is 0 Å². The summed E-state index contributed by atoms with van der Waals surface area (Å²) < 4.78 is 16.5. The van der Waals surface area contributed by atoms with Gasteiger partial charge in [0.1, 0.15) is 35.5 Å². The number of halogens is 1. The van der Waals surface area contributed by atoms with E-state index in [0.717, 1.165) is 17.4 Å². The third kappa shape index (κ3) is 2.64. The first kappa shape index (κ1) is 19.4. The number of rotatable bonds is 4. The van der Waals surface area contributed by atoms with Gasteiger partial charge >= 0.3 is 0 Å². The molecule has 0 bridgehead atoms. The molecular weight excluding hydrogens is 411 g/mol. The van der Waals surface area contributed by atoms with Crippen LogP contribution in [0.3, 0.4) is 0 Å². The molecule has 0 spiro atoms. The van der Waals surface area contributed by atoms with Gasteiger partial charge in [-0.1, -0.05) is 0 Å². The van der Waals surface area contributed by atoms with Gasteiger partial charge in [0.05, 0.1) is 23.0 Å². The minimum Gasteiger partial charge on any atom is -0.390 e. The molecule has 0 amide bonds. The maximum atomic E-state index is 14.6. The number of aliphatic hydroxyl groups is 2. The Labute approximate surface area is 182 Å². The van der Waals surface area contributed by atoms with Crippen LogP contribution in [0.5, 0.6) is 0 Å². The number of benzene rings is 1. The molecule has 0 saturated heterocycles. The van der Waals surface area contributed by atoms with Gasteiger partial charge in [-0.25, -0.2) is 19.3 Å². The molecule has 6 N–H and O–H groups in total. The second kappa shape index (κ2) is 6.60. The number of hydrogen-bond acceptors (Lipinski definition) is 7. The standard InChI is InChI=1S/C23H23FN6O2/c24-15-7-11(8-16-12(15)1-2-17(25)29-16)3-5-23-9-14(23)18(19(31)20(23)32)30-6-4-13-21(26)27-10-28-22(13)30/h1-2,4,6-8,10,14,18-20,31-32H,3,5,9H2,(H2,25,29)(H2,26,27,28)/t14-,18-,19+,20+,23-/m1/s1. The summed E-state index contributed by atoms with van der Waals surface area (Å²) in [6.07, 6.45) is 3.45. The van der Waals surface area contributed by atoms with Gasteiger partial charge in [-0.15, -0.1) is 0 Å². The third-order valence-electron chi connectivity index (χ3n) is 7.43. The van der Waals surface area contributed by atoms with Gasteiger partial charge in [-0.05, 0) is 61.1 Å². The molecule has 5 atom stereocenters. The minimum absolute atomic E-state index is 0.0957. The summed E-state index contributed by atoms with van der Waals surface area (Å²) in [6.45, 7) is 0. The SMILES string of the molecule is Nc1ccc2c(F)cc(CC[C@@]34C[C@@H]3[C@@H](n3ccc5c(N)ncnc53)[C@H](O)[C@@H]4O)cc2n1. The molecule has 3 aromatic heterocycles. The number of aliphatic hydroxyl groups excluding tert-OH is 2. The molecule has 0 radical (unpaired) electrons. The van der Waals surface area contributed by atoms with Crippen molar-refractivity contribution in [3.63, 3.8) is 0 Å². The van der Waals surface area contributed by atoms with Gasteiger partial charge in [0.2, 0.25) is 0 Å². The normalized spacial score (nSPS) is 29.0. The highest BCUT2D eigenvalue weighted by atomic mass is 19.1. The van der Waals surface area contributed by atoms with Crippen LogP contribution in [0.15, 0.2) is 42.9 Å². The number of aromatic nitrogens is 4. The maximum absolute atomic E-state index is 14.6.